The van der Waals surface area contributed by atoms with Gasteiger partial charge in [-0.05, 0) is 42.7 Å². The highest BCUT2D eigenvalue weighted by molar-refractivity contribution is 6.34. The quantitative estimate of drug-likeness (QED) is 0.406. The van der Waals surface area contributed by atoms with Crippen LogP contribution in [0.3, 0.4) is 0 Å². The summed E-state index contributed by atoms with van der Waals surface area (Å²) in [4.78, 5) is 45.1. The van der Waals surface area contributed by atoms with Gasteiger partial charge in [-0.3, -0.25) is 19.3 Å². The molecule has 7 nitrogen and oxygen atoms in total. The average molecular weight is 451 g/mol. The minimum Gasteiger partial charge on any atom is -0.427 e. The molecule has 2 heterocycles. The third-order valence-electron chi connectivity index (χ3n) is 7.20. The van der Waals surface area contributed by atoms with Crippen molar-refractivity contribution in [1.29, 1.82) is 0 Å². The lowest BCUT2D eigenvalue weighted by Gasteiger charge is -2.30. The molecule has 2 aliphatic carbocycles. The van der Waals surface area contributed by atoms with Crippen LogP contribution in [0.25, 0.3) is 0 Å². The molecule has 0 radical (unpaired) electrons. The Balaban J connectivity index is 1.31. The smallest absolute Gasteiger partial charge is 0.308 e. The molecule has 6 atom stereocenters. The molecule has 4 aliphatic rings. The summed E-state index contributed by atoms with van der Waals surface area (Å²) in [6.07, 6.45) is 0.556. The summed E-state index contributed by atoms with van der Waals surface area (Å²) in [5.41, 5.74) is 2.08. The van der Waals surface area contributed by atoms with Crippen LogP contribution in [0.2, 0.25) is 5.02 Å². The van der Waals surface area contributed by atoms with Crippen molar-refractivity contribution in [1.82, 2.24) is 0 Å². The lowest BCUT2D eigenvalue weighted by Crippen LogP contribution is -2.41. The molecule has 1 saturated heterocycles. The number of fused-ring (bicyclic) bond motifs is 8. The van der Waals surface area contributed by atoms with Crippen LogP contribution in [0.5, 0.6) is 5.75 Å². The van der Waals surface area contributed by atoms with Crippen molar-refractivity contribution in [3.05, 3.63) is 59.1 Å². The zero-order valence-corrected chi connectivity index (χ0v) is 17.9. The largest absolute Gasteiger partial charge is 0.427 e. The molecule has 32 heavy (non-hydrogen) atoms. The second kappa shape index (κ2) is 6.90. The molecule has 6 unspecified atom stereocenters. The van der Waals surface area contributed by atoms with Gasteiger partial charge in [0.15, 0.2) is 0 Å². The van der Waals surface area contributed by atoms with Crippen LogP contribution < -0.4 is 9.64 Å². The number of hydrogen-bond donors (Lipinski definition) is 0. The van der Waals surface area contributed by atoms with Crippen molar-refractivity contribution in [2.45, 2.75) is 19.4 Å². The highest BCUT2D eigenvalue weighted by atomic mass is 35.5. The van der Waals surface area contributed by atoms with E-state index in [1.54, 1.807) is 24.3 Å². The van der Waals surface area contributed by atoms with Crippen LogP contribution >= 0.6 is 11.6 Å². The normalized spacial score (nSPS) is 31.9. The van der Waals surface area contributed by atoms with Crippen molar-refractivity contribution < 1.29 is 24.0 Å². The minimum atomic E-state index is -0.431. The van der Waals surface area contributed by atoms with Gasteiger partial charge in [0, 0.05) is 29.3 Å². The molecule has 0 aromatic heterocycles. The molecule has 2 bridgehead atoms. The molecule has 0 spiro atoms. The van der Waals surface area contributed by atoms with Crippen LogP contribution in [0.4, 0.5) is 5.69 Å². The number of halogens is 1. The van der Waals surface area contributed by atoms with E-state index in [1.807, 2.05) is 24.3 Å². The van der Waals surface area contributed by atoms with Crippen LogP contribution in [-0.2, 0) is 19.2 Å². The molecule has 0 N–H and O–H groups in total. The molecule has 2 aromatic carbocycles. The van der Waals surface area contributed by atoms with Gasteiger partial charge in [-0.15, -0.1) is 0 Å². The van der Waals surface area contributed by atoms with Crippen LogP contribution in [0.1, 0.15) is 18.9 Å². The third-order valence-corrected chi connectivity index (χ3v) is 7.53. The second-order valence-electron chi connectivity index (χ2n) is 8.77. The highest BCUT2D eigenvalue weighted by Crippen LogP contribution is 2.62. The number of oxime groups is 1. The van der Waals surface area contributed by atoms with E-state index in [0.29, 0.717) is 16.5 Å². The number of ether oxygens (including phenoxy) is 1. The maximum Gasteiger partial charge on any atom is 0.308 e. The average Bonchev–Trinajstić information content (AvgIpc) is 3.49. The van der Waals surface area contributed by atoms with E-state index < -0.39 is 17.8 Å². The fourth-order valence-electron chi connectivity index (χ4n) is 6.10. The fraction of sp³-hybridized carbons (Fsp3) is 0.333. The molecule has 162 valence electrons. The van der Waals surface area contributed by atoms with Crippen molar-refractivity contribution in [3.8, 4) is 5.75 Å². The Morgan fingerprint density at radius 2 is 1.72 bits per heavy atom. The van der Waals surface area contributed by atoms with E-state index in [-0.39, 0.29) is 35.7 Å². The predicted octanol–water partition coefficient (Wildman–Crippen LogP) is 3.44. The SMILES string of the molecule is CC(=O)Oc1ccc(N2C(=O)C3C4CC(C5C(c6ccccc6Cl)=NOC45)C3C2=O)cc1. The number of imide groups is 1. The monoisotopic (exact) mass is 450 g/mol. The molecule has 3 fully saturated rings. The molecule has 8 heteroatoms. The molecular formula is C24H19ClN2O5. The number of benzene rings is 2. The van der Waals surface area contributed by atoms with Gasteiger partial charge in [0.05, 0.1) is 23.2 Å². The van der Waals surface area contributed by atoms with Crippen molar-refractivity contribution in [2.24, 2.45) is 34.7 Å². The number of carbonyl (C=O) groups excluding carboxylic acids is 3. The molecule has 2 amide bonds. The van der Waals surface area contributed by atoms with Gasteiger partial charge in [-0.2, -0.15) is 0 Å². The summed E-state index contributed by atoms with van der Waals surface area (Å²) >= 11 is 6.41. The fourth-order valence-corrected chi connectivity index (χ4v) is 6.33. The first kappa shape index (κ1) is 19.5. The lowest BCUT2D eigenvalue weighted by molar-refractivity contribution is -0.132. The summed E-state index contributed by atoms with van der Waals surface area (Å²) < 4.78 is 5.05. The van der Waals surface area contributed by atoms with E-state index in [2.05, 4.69) is 5.16 Å². The van der Waals surface area contributed by atoms with Crippen LogP contribution in [0.15, 0.2) is 53.7 Å². The van der Waals surface area contributed by atoms with Gasteiger partial charge in [-0.25, -0.2) is 0 Å². The molecule has 2 aromatic rings. The molecule has 6 rings (SSSR count). The van der Waals surface area contributed by atoms with E-state index in [9.17, 15) is 14.4 Å². The van der Waals surface area contributed by atoms with Crippen molar-refractivity contribution in [2.75, 3.05) is 4.90 Å². The number of anilines is 1. The highest BCUT2D eigenvalue weighted by Gasteiger charge is 2.70. The zero-order valence-electron chi connectivity index (χ0n) is 17.1. The predicted molar refractivity (Wildman–Crippen MR) is 115 cm³/mol. The van der Waals surface area contributed by atoms with Crippen LogP contribution in [0, 0.1) is 29.6 Å². The first-order chi connectivity index (χ1) is 15.5. The number of esters is 1. The van der Waals surface area contributed by atoms with Gasteiger partial charge >= 0.3 is 5.97 Å². The van der Waals surface area contributed by atoms with E-state index in [0.717, 1.165) is 17.7 Å². The maximum absolute atomic E-state index is 13.5. The van der Waals surface area contributed by atoms with Gasteiger partial charge < -0.3 is 9.57 Å². The Kier molecular flexibility index (Phi) is 4.21. The molecule has 2 saturated carbocycles. The van der Waals surface area contributed by atoms with Crippen molar-refractivity contribution >= 4 is 40.8 Å². The van der Waals surface area contributed by atoms with E-state index in [4.69, 9.17) is 21.2 Å². The minimum absolute atomic E-state index is 0.0192. The maximum atomic E-state index is 13.5. The molecular weight excluding hydrogens is 432 g/mol. The van der Waals surface area contributed by atoms with Crippen molar-refractivity contribution in [3.63, 3.8) is 0 Å². The van der Waals surface area contributed by atoms with Gasteiger partial charge in [-0.1, -0.05) is 35.0 Å². The Bertz CT molecular complexity index is 1190. The zero-order chi connectivity index (χ0) is 22.1. The number of nitrogens with zero attached hydrogens (tertiary/aromatic N) is 2. The lowest BCUT2D eigenvalue weighted by atomic mass is 9.71. The summed E-state index contributed by atoms with van der Waals surface area (Å²) in [7, 11) is 0. The number of rotatable bonds is 3. The second-order valence-corrected chi connectivity index (χ2v) is 9.17. The first-order valence-corrected chi connectivity index (χ1v) is 11.0. The summed E-state index contributed by atoms with van der Waals surface area (Å²) in [5, 5.41) is 4.93. The van der Waals surface area contributed by atoms with Gasteiger partial charge in [0.25, 0.3) is 0 Å². The summed E-state index contributed by atoms with van der Waals surface area (Å²) in [6.45, 7) is 1.32. The van der Waals surface area contributed by atoms with E-state index in [1.165, 1.54) is 11.8 Å². The Morgan fingerprint density at radius 1 is 1.03 bits per heavy atom. The Morgan fingerprint density at radius 3 is 2.41 bits per heavy atom. The summed E-state index contributed by atoms with van der Waals surface area (Å²) in [5.74, 6) is -1.36. The topological polar surface area (TPSA) is 85.3 Å². The number of amides is 2. The first-order valence-electron chi connectivity index (χ1n) is 10.6. The Labute approximate surface area is 188 Å². The van der Waals surface area contributed by atoms with Gasteiger partial charge in [0.1, 0.15) is 11.9 Å². The Hall–Kier alpha value is -3.19. The third kappa shape index (κ3) is 2.60. The van der Waals surface area contributed by atoms with Crippen LogP contribution in [-0.4, -0.2) is 29.6 Å². The molecule has 2 aliphatic heterocycles. The number of carbonyl (C=O) groups is 3. The number of hydrogen-bond acceptors (Lipinski definition) is 6. The summed E-state index contributed by atoms with van der Waals surface area (Å²) in [6, 6.07) is 13.9. The standard InChI is InChI=1S/C24H19ClN2O5/c1-11(28)31-13-8-6-12(7-9-13)27-23(29)18-15-10-16(19(18)24(27)30)22-20(15)21(26-32-22)14-4-2-3-5-17(14)25/h2-9,15-16,18-20,22H,10H2,1H3. The van der Waals surface area contributed by atoms with E-state index >= 15 is 0 Å². The van der Waals surface area contributed by atoms with Gasteiger partial charge in [0.2, 0.25) is 11.8 Å².